The van der Waals surface area contributed by atoms with Crippen molar-refractivity contribution in [2.45, 2.75) is 37.5 Å². The van der Waals surface area contributed by atoms with Crippen LogP contribution in [0.1, 0.15) is 26.7 Å². The van der Waals surface area contributed by atoms with E-state index in [-0.39, 0.29) is 22.6 Å². The summed E-state index contributed by atoms with van der Waals surface area (Å²) in [7, 11) is 1.88. The smallest absolute Gasteiger partial charge is 0.227 e. The van der Waals surface area contributed by atoms with Gasteiger partial charge in [0.25, 0.3) is 0 Å². The van der Waals surface area contributed by atoms with Crippen molar-refractivity contribution >= 4 is 17.7 Å². The number of hydrogen-bond donors (Lipinski definition) is 2. The van der Waals surface area contributed by atoms with Crippen molar-refractivity contribution in [2.75, 3.05) is 33.1 Å². The van der Waals surface area contributed by atoms with Gasteiger partial charge in [0.1, 0.15) is 0 Å². The molecule has 1 saturated heterocycles. The molecule has 0 spiro atoms. The summed E-state index contributed by atoms with van der Waals surface area (Å²) in [5.74, 6) is 0.0652. The predicted molar refractivity (Wildman–Crippen MR) is 77.0 cm³/mol. The lowest BCUT2D eigenvalue weighted by molar-refractivity contribution is -0.125. The number of ether oxygens (including phenoxy) is 1. The van der Waals surface area contributed by atoms with E-state index in [1.165, 1.54) is 0 Å². The molecule has 1 aliphatic rings. The summed E-state index contributed by atoms with van der Waals surface area (Å²) in [6, 6.07) is 0.150. The Morgan fingerprint density at radius 1 is 1.39 bits per heavy atom. The van der Waals surface area contributed by atoms with Crippen LogP contribution in [0.3, 0.4) is 0 Å². The highest BCUT2D eigenvalue weighted by molar-refractivity contribution is 8.00. The lowest BCUT2D eigenvalue weighted by Crippen LogP contribution is -2.46. The zero-order chi connectivity index (χ0) is 13.6. The third-order valence-electron chi connectivity index (χ3n) is 4.09. The van der Waals surface area contributed by atoms with Crippen molar-refractivity contribution in [2.24, 2.45) is 5.92 Å². The van der Waals surface area contributed by atoms with Crippen LogP contribution in [-0.2, 0) is 9.53 Å². The monoisotopic (exact) mass is 274 g/mol. The van der Waals surface area contributed by atoms with Crippen LogP contribution >= 0.6 is 11.8 Å². The van der Waals surface area contributed by atoms with Gasteiger partial charge in [-0.15, -0.1) is 0 Å². The van der Waals surface area contributed by atoms with E-state index in [1.807, 2.05) is 18.8 Å². The maximum atomic E-state index is 12.2. The minimum atomic E-state index is -0.0525. The van der Waals surface area contributed by atoms with E-state index in [9.17, 15) is 4.79 Å². The van der Waals surface area contributed by atoms with Gasteiger partial charge in [-0.2, -0.15) is 11.8 Å². The zero-order valence-corrected chi connectivity index (χ0v) is 12.7. The van der Waals surface area contributed by atoms with Crippen molar-refractivity contribution in [3.8, 4) is 0 Å². The summed E-state index contributed by atoms with van der Waals surface area (Å²) < 4.78 is 5.54. The first-order valence-electron chi connectivity index (χ1n) is 6.70. The minimum Gasteiger partial charge on any atom is -0.379 e. The second-order valence-corrected chi connectivity index (χ2v) is 6.13. The third kappa shape index (κ3) is 3.62. The Kier molecular flexibility index (Phi) is 6.46. The number of rotatable bonds is 7. The van der Waals surface area contributed by atoms with Gasteiger partial charge in [-0.1, -0.05) is 13.8 Å². The Morgan fingerprint density at radius 3 is 2.56 bits per heavy atom. The number of amides is 1. The van der Waals surface area contributed by atoms with E-state index in [0.717, 1.165) is 19.4 Å². The maximum absolute atomic E-state index is 12.2. The van der Waals surface area contributed by atoms with Gasteiger partial charge < -0.3 is 15.4 Å². The van der Waals surface area contributed by atoms with E-state index < -0.39 is 0 Å². The van der Waals surface area contributed by atoms with Crippen LogP contribution in [0.5, 0.6) is 0 Å². The molecule has 2 N–H and O–H groups in total. The summed E-state index contributed by atoms with van der Waals surface area (Å²) in [5, 5.41) is 6.25. The molecule has 1 heterocycles. The van der Waals surface area contributed by atoms with Gasteiger partial charge in [-0.3, -0.25) is 4.79 Å². The largest absolute Gasteiger partial charge is 0.379 e. The molecule has 18 heavy (non-hydrogen) atoms. The Hall–Kier alpha value is -0.260. The number of thioether (sulfide) groups is 1. The normalized spacial score (nSPS) is 24.2. The summed E-state index contributed by atoms with van der Waals surface area (Å²) in [5.41, 5.74) is 0. The van der Waals surface area contributed by atoms with Gasteiger partial charge in [0.05, 0.1) is 19.1 Å². The van der Waals surface area contributed by atoms with E-state index in [4.69, 9.17) is 4.74 Å². The Balaban J connectivity index is 2.49. The quantitative estimate of drug-likeness (QED) is 0.734. The number of carbonyl (C=O) groups excluding carboxylic acids is 1. The minimum absolute atomic E-state index is 0.0525. The fourth-order valence-electron chi connectivity index (χ4n) is 2.34. The molecule has 5 heteroatoms. The molecule has 4 nitrogen and oxygen atoms in total. The lowest BCUT2D eigenvalue weighted by atomic mass is 10.00. The first kappa shape index (κ1) is 15.8. The molecule has 0 saturated carbocycles. The molecule has 1 rings (SSSR count). The molecular formula is C13H26N2O2S. The van der Waals surface area contributed by atoms with Crippen molar-refractivity contribution in [1.29, 1.82) is 0 Å². The summed E-state index contributed by atoms with van der Waals surface area (Å²) in [4.78, 5) is 12.2. The third-order valence-corrected chi connectivity index (χ3v) is 5.68. The van der Waals surface area contributed by atoms with Crippen molar-refractivity contribution in [1.82, 2.24) is 10.6 Å². The molecule has 0 aromatic rings. The maximum Gasteiger partial charge on any atom is 0.227 e. The fraction of sp³-hybridized carbons (Fsp3) is 0.923. The van der Waals surface area contributed by atoms with Crippen LogP contribution in [0.25, 0.3) is 0 Å². The Morgan fingerprint density at radius 2 is 2.06 bits per heavy atom. The molecule has 1 aliphatic heterocycles. The zero-order valence-electron chi connectivity index (χ0n) is 11.9. The molecule has 2 atom stereocenters. The molecule has 1 fully saturated rings. The topological polar surface area (TPSA) is 50.4 Å². The second kappa shape index (κ2) is 7.36. The van der Waals surface area contributed by atoms with Crippen molar-refractivity contribution in [3.05, 3.63) is 0 Å². The lowest BCUT2D eigenvalue weighted by Gasteiger charge is -2.30. The highest BCUT2D eigenvalue weighted by Crippen LogP contribution is 2.29. The van der Waals surface area contributed by atoms with Gasteiger partial charge in [0, 0.05) is 17.3 Å². The number of carbonyl (C=O) groups is 1. The van der Waals surface area contributed by atoms with Gasteiger partial charge in [-0.25, -0.2) is 0 Å². The fourth-order valence-corrected chi connectivity index (χ4v) is 3.13. The van der Waals surface area contributed by atoms with E-state index in [1.54, 1.807) is 0 Å². The van der Waals surface area contributed by atoms with E-state index in [0.29, 0.717) is 13.2 Å². The number of hydrogen-bond acceptors (Lipinski definition) is 4. The molecular weight excluding hydrogens is 248 g/mol. The van der Waals surface area contributed by atoms with Gasteiger partial charge >= 0.3 is 0 Å². The molecule has 106 valence electrons. The molecule has 2 unspecified atom stereocenters. The summed E-state index contributed by atoms with van der Waals surface area (Å²) in [6.07, 6.45) is 4.26. The van der Waals surface area contributed by atoms with Crippen LogP contribution < -0.4 is 10.6 Å². The summed E-state index contributed by atoms with van der Waals surface area (Å²) in [6.45, 7) is 6.26. The standard InChI is InChI=1S/C13H26N2O2S/c1-5-13(6-2,18-4)9-15-12(16)10-7-17-8-11(10)14-3/h10-11,14H,5-9H2,1-4H3,(H,15,16). The highest BCUT2D eigenvalue weighted by atomic mass is 32.2. The molecule has 0 aromatic carbocycles. The van der Waals surface area contributed by atoms with Crippen LogP contribution in [0.4, 0.5) is 0 Å². The van der Waals surface area contributed by atoms with E-state index in [2.05, 4.69) is 30.7 Å². The molecule has 1 amide bonds. The van der Waals surface area contributed by atoms with Gasteiger partial charge in [0.2, 0.25) is 5.91 Å². The average Bonchev–Trinajstić information content (AvgIpc) is 2.89. The molecule has 0 radical (unpaired) electrons. The van der Waals surface area contributed by atoms with E-state index >= 15 is 0 Å². The van der Waals surface area contributed by atoms with Crippen molar-refractivity contribution < 1.29 is 9.53 Å². The first-order chi connectivity index (χ1) is 8.62. The van der Waals surface area contributed by atoms with Crippen molar-refractivity contribution in [3.63, 3.8) is 0 Å². The number of likely N-dealkylation sites (N-methyl/N-ethyl adjacent to an activating group) is 1. The summed E-state index contributed by atoms with van der Waals surface area (Å²) >= 11 is 1.85. The van der Waals surface area contributed by atoms with Crippen LogP contribution in [0.2, 0.25) is 0 Å². The van der Waals surface area contributed by atoms with Gasteiger partial charge in [-0.05, 0) is 26.1 Å². The molecule has 0 aliphatic carbocycles. The second-order valence-electron chi connectivity index (χ2n) is 4.85. The average molecular weight is 274 g/mol. The van der Waals surface area contributed by atoms with Crippen LogP contribution in [0.15, 0.2) is 0 Å². The highest BCUT2D eigenvalue weighted by Gasteiger charge is 2.34. The SMILES string of the molecule is CCC(CC)(CNC(=O)C1COCC1NC)SC. The predicted octanol–water partition coefficient (Wildman–Crippen LogP) is 1.26. The molecule has 0 aromatic heterocycles. The van der Waals surface area contributed by atoms with Crippen LogP contribution in [-0.4, -0.2) is 49.8 Å². The van der Waals surface area contributed by atoms with Gasteiger partial charge in [0.15, 0.2) is 0 Å². The first-order valence-corrected chi connectivity index (χ1v) is 7.92. The molecule has 0 bridgehead atoms. The Bertz CT molecular complexity index is 261. The Labute approximate surface area is 115 Å². The number of nitrogens with one attached hydrogen (secondary N) is 2. The van der Waals surface area contributed by atoms with Crippen LogP contribution in [0, 0.1) is 5.92 Å².